The molecule has 1 fully saturated rings. The fourth-order valence-corrected chi connectivity index (χ4v) is 2.71. The first-order valence-electron chi connectivity index (χ1n) is 7.69. The summed E-state index contributed by atoms with van der Waals surface area (Å²) >= 11 is 0. The number of nitrogens with zero attached hydrogens (tertiary/aromatic N) is 3. The molecule has 22 heavy (non-hydrogen) atoms. The Labute approximate surface area is 131 Å². The maximum absolute atomic E-state index is 5.99. The van der Waals surface area contributed by atoms with E-state index in [0.717, 1.165) is 48.8 Å². The third kappa shape index (κ3) is 3.43. The molecule has 1 aliphatic heterocycles. The maximum atomic E-state index is 5.99. The van der Waals surface area contributed by atoms with E-state index >= 15 is 0 Å². The number of rotatable bonds is 4. The Kier molecular flexibility index (Phi) is 4.65. The fourth-order valence-electron chi connectivity index (χ4n) is 2.71. The van der Waals surface area contributed by atoms with Gasteiger partial charge in [-0.05, 0) is 12.8 Å². The van der Waals surface area contributed by atoms with E-state index in [9.17, 15) is 0 Å². The molecule has 0 spiro atoms. The van der Waals surface area contributed by atoms with Crippen molar-refractivity contribution in [1.82, 2.24) is 9.97 Å². The average molecular weight is 298 g/mol. The van der Waals surface area contributed by atoms with Crippen LogP contribution in [-0.2, 0) is 11.3 Å². The van der Waals surface area contributed by atoms with Crippen LogP contribution in [0.4, 0.5) is 5.82 Å². The molecule has 1 saturated heterocycles. The van der Waals surface area contributed by atoms with Gasteiger partial charge < -0.3 is 15.4 Å². The van der Waals surface area contributed by atoms with Gasteiger partial charge in [0.05, 0.1) is 12.3 Å². The zero-order valence-electron chi connectivity index (χ0n) is 12.9. The van der Waals surface area contributed by atoms with Crippen LogP contribution in [0.15, 0.2) is 36.4 Å². The zero-order chi connectivity index (χ0) is 15.4. The minimum absolute atomic E-state index is 0.310. The summed E-state index contributed by atoms with van der Waals surface area (Å²) in [6, 6.07) is 12.4. The van der Waals surface area contributed by atoms with Crippen molar-refractivity contribution in [3.05, 3.63) is 42.1 Å². The number of ether oxygens (including phenoxy) is 1. The summed E-state index contributed by atoms with van der Waals surface area (Å²) in [5, 5.41) is 0. The van der Waals surface area contributed by atoms with Crippen molar-refractivity contribution in [1.29, 1.82) is 0 Å². The number of piperidine rings is 1. The summed E-state index contributed by atoms with van der Waals surface area (Å²) in [5.41, 5.74) is 7.92. The summed E-state index contributed by atoms with van der Waals surface area (Å²) in [7, 11) is 1.68. The lowest BCUT2D eigenvalue weighted by molar-refractivity contribution is 0.181. The third-order valence-electron chi connectivity index (χ3n) is 3.95. The Hall–Kier alpha value is -1.98. The lowest BCUT2D eigenvalue weighted by Crippen LogP contribution is -2.40. The molecule has 0 atom stereocenters. The van der Waals surface area contributed by atoms with Gasteiger partial charge in [0.2, 0.25) is 0 Å². The number of hydrogen-bond donors (Lipinski definition) is 1. The number of benzene rings is 1. The molecule has 1 aromatic heterocycles. The van der Waals surface area contributed by atoms with E-state index in [4.69, 9.17) is 15.5 Å². The van der Waals surface area contributed by atoms with Gasteiger partial charge >= 0.3 is 0 Å². The molecule has 0 unspecified atom stereocenters. The predicted octanol–water partition coefficient (Wildman–Crippen LogP) is 2.22. The van der Waals surface area contributed by atoms with E-state index in [-0.39, 0.29) is 0 Å². The van der Waals surface area contributed by atoms with Gasteiger partial charge in [-0.2, -0.15) is 0 Å². The second-order valence-corrected chi connectivity index (χ2v) is 5.66. The van der Waals surface area contributed by atoms with Crippen molar-refractivity contribution >= 4 is 5.82 Å². The van der Waals surface area contributed by atoms with Gasteiger partial charge in [0.1, 0.15) is 5.82 Å². The van der Waals surface area contributed by atoms with Crippen LogP contribution in [0, 0.1) is 0 Å². The summed E-state index contributed by atoms with van der Waals surface area (Å²) in [6.45, 7) is 2.38. The first-order valence-corrected chi connectivity index (χ1v) is 7.69. The SMILES string of the molecule is COCc1cc(N2CCC(N)CC2)nc(-c2ccccc2)n1. The molecule has 2 aromatic rings. The Morgan fingerprint density at radius 3 is 2.59 bits per heavy atom. The van der Waals surface area contributed by atoms with E-state index in [2.05, 4.69) is 9.88 Å². The van der Waals surface area contributed by atoms with Crippen molar-refractivity contribution in [2.75, 3.05) is 25.1 Å². The average Bonchev–Trinajstić information content (AvgIpc) is 2.56. The highest BCUT2D eigenvalue weighted by Gasteiger charge is 2.19. The van der Waals surface area contributed by atoms with E-state index in [0.29, 0.717) is 12.6 Å². The molecule has 1 aliphatic rings. The van der Waals surface area contributed by atoms with Crippen LogP contribution in [0.2, 0.25) is 0 Å². The molecular weight excluding hydrogens is 276 g/mol. The van der Waals surface area contributed by atoms with Crippen molar-refractivity contribution in [3.8, 4) is 11.4 Å². The fraction of sp³-hybridized carbons (Fsp3) is 0.412. The molecule has 0 saturated carbocycles. The van der Waals surface area contributed by atoms with Gasteiger partial charge in [-0.25, -0.2) is 9.97 Å². The molecule has 0 bridgehead atoms. The maximum Gasteiger partial charge on any atom is 0.161 e. The lowest BCUT2D eigenvalue weighted by atomic mass is 10.1. The van der Waals surface area contributed by atoms with Crippen molar-refractivity contribution in [2.45, 2.75) is 25.5 Å². The minimum Gasteiger partial charge on any atom is -0.378 e. The summed E-state index contributed by atoms with van der Waals surface area (Å²) < 4.78 is 5.25. The zero-order valence-corrected chi connectivity index (χ0v) is 12.9. The van der Waals surface area contributed by atoms with E-state index < -0.39 is 0 Å². The minimum atomic E-state index is 0.310. The second-order valence-electron chi connectivity index (χ2n) is 5.66. The van der Waals surface area contributed by atoms with E-state index in [1.54, 1.807) is 7.11 Å². The molecule has 5 heteroatoms. The number of hydrogen-bond acceptors (Lipinski definition) is 5. The number of methoxy groups -OCH3 is 1. The molecule has 0 radical (unpaired) electrons. The quantitative estimate of drug-likeness (QED) is 0.937. The molecule has 2 heterocycles. The third-order valence-corrected chi connectivity index (χ3v) is 3.95. The van der Waals surface area contributed by atoms with Gasteiger partial charge in [0.25, 0.3) is 0 Å². The Morgan fingerprint density at radius 2 is 1.91 bits per heavy atom. The van der Waals surface area contributed by atoms with Gasteiger partial charge in [0, 0.05) is 37.9 Å². The lowest BCUT2D eigenvalue weighted by Gasteiger charge is -2.31. The molecule has 5 nitrogen and oxygen atoms in total. The highest BCUT2D eigenvalue weighted by atomic mass is 16.5. The number of nitrogens with two attached hydrogens (primary N) is 1. The first-order chi connectivity index (χ1) is 10.8. The first kappa shape index (κ1) is 14.9. The largest absolute Gasteiger partial charge is 0.378 e. The van der Waals surface area contributed by atoms with Crippen LogP contribution in [-0.4, -0.2) is 36.2 Å². The summed E-state index contributed by atoms with van der Waals surface area (Å²) in [4.78, 5) is 11.7. The smallest absolute Gasteiger partial charge is 0.161 e. The topological polar surface area (TPSA) is 64.3 Å². The molecule has 116 valence electrons. The predicted molar refractivity (Wildman–Crippen MR) is 87.6 cm³/mol. The molecule has 3 rings (SSSR count). The molecule has 0 aliphatic carbocycles. The highest BCUT2D eigenvalue weighted by Crippen LogP contribution is 2.23. The molecule has 0 amide bonds. The monoisotopic (exact) mass is 298 g/mol. The normalized spacial score (nSPS) is 16.0. The molecule has 2 N–H and O–H groups in total. The van der Waals surface area contributed by atoms with Gasteiger partial charge in [-0.1, -0.05) is 30.3 Å². The van der Waals surface area contributed by atoms with Crippen molar-refractivity contribution in [3.63, 3.8) is 0 Å². The standard InChI is InChI=1S/C17H22N4O/c1-22-12-15-11-16(21-9-7-14(18)8-10-21)20-17(19-15)13-5-3-2-4-6-13/h2-6,11,14H,7-10,12,18H2,1H3. The van der Waals surface area contributed by atoms with Crippen LogP contribution in [0.3, 0.4) is 0 Å². The summed E-state index contributed by atoms with van der Waals surface area (Å²) in [5.74, 6) is 1.72. The van der Waals surface area contributed by atoms with Crippen molar-refractivity contribution in [2.24, 2.45) is 5.73 Å². The van der Waals surface area contributed by atoms with Gasteiger partial charge in [-0.15, -0.1) is 0 Å². The van der Waals surface area contributed by atoms with Crippen LogP contribution in [0.25, 0.3) is 11.4 Å². The van der Waals surface area contributed by atoms with Crippen LogP contribution in [0.1, 0.15) is 18.5 Å². The Morgan fingerprint density at radius 1 is 1.18 bits per heavy atom. The highest BCUT2D eigenvalue weighted by molar-refractivity contribution is 5.58. The van der Waals surface area contributed by atoms with Crippen LogP contribution in [0.5, 0.6) is 0 Å². The van der Waals surface area contributed by atoms with Gasteiger partial charge in [0.15, 0.2) is 5.82 Å². The number of anilines is 1. The Bertz CT molecular complexity index is 609. The van der Waals surface area contributed by atoms with Crippen molar-refractivity contribution < 1.29 is 4.74 Å². The van der Waals surface area contributed by atoms with Crippen LogP contribution >= 0.6 is 0 Å². The molecule has 1 aromatic carbocycles. The van der Waals surface area contributed by atoms with E-state index in [1.807, 2.05) is 36.4 Å². The summed E-state index contributed by atoms with van der Waals surface area (Å²) in [6.07, 6.45) is 2.01. The number of aromatic nitrogens is 2. The van der Waals surface area contributed by atoms with Crippen LogP contribution < -0.4 is 10.6 Å². The molecular formula is C17H22N4O. The Balaban J connectivity index is 1.93. The van der Waals surface area contributed by atoms with Gasteiger partial charge in [-0.3, -0.25) is 0 Å². The van der Waals surface area contributed by atoms with E-state index in [1.165, 1.54) is 0 Å². The second kappa shape index (κ2) is 6.85.